The predicted octanol–water partition coefficient (Wildman–Crippen LogP) is 8.35. The molecule has 0 saturated heterocycles. The average molecular weight is 599 g/mol. The lowest BCUT2D eigenvalue weighted by Gasteiger charge is -2.60. The van der Waals surface area contributed by atoms with Crippen LogP contribution in [0.25, 0.3) is 0 Å². The van der Waals surface area contributed by atoms with E-state index in [4.69, 9.17) is 4.43 Å². The van der Waals surface area contributed by atoms with Crippen molar-refractivity contribution in [2.24, 2.45) is 34.5 Å². The van der Waals surface area contributed by atoms with Gasteiger partial charge in [0, 0.05) is 11.8 Å². The molecule has 4 aliphatic rings. The third-order valence-electron chi connectivity index (χ3n) is 12.8. The Balaban J connectivity index is 1.40. The van der Waals surface area contributed by atoms with Gasteiger partial charge in [0.1, 0.15) is 0 Å². The third-order valence-corrected chi connectivity index (χ3v) is 19.2. The van der Waals surface area contributed by atoms with Crippen molar-refractivity contribution in [3.63, 3.8) is 0 Å². The van der Waals surface area contributed by atoms with Gasteiger partial charge in [-0.05, 0) is 98.4 Å². The fourth-order valence-corrected chi connectivity index (χ4v) is 12.3. The molecular formula is C35H54O4SSi. The summed E-state index contributed by atoms with van der Waals surface area (Å²) >= 11 is 0. The molecule has 1 aromatic rings. The van der Waals surface area contributed by atoms with E-state index in [0.717, 1.165) is 32.1 Å². The highest BCUT2D eigenvalue weighted by Gasteiger charge is 2.62. The summed E-state index contributed by atoms with van der Waals surface area (Å²) in [5, 5.41) is 12.4. The number of hydrogen-bond donors (Lipinski definition) is 1. The lowest BCUT2D eigenvalue weighted by molar-refractivity contribution is -0.122. The SMILES string of the molecule is C[C@H](CS(=O)(=O)c1ccccc1)[C@H]1CC[C@H]2C3=CC=C4C[C@@H](O[Si](C)(C)C(C)(C)C)C[C@](C)(O)[C@]4(C)[C@H]3CC[C@]12C. The molecule has 0 unspecified atom stereocenters. The van der Waals surface area contributed by atoms with E-state index >= 15 is 0 Å². The Hall–Kier alpha value is -1.21. The number of sulfone groups is 1. The summed E-state index contributed by atoms with van der Waals surface area (Å²) in [5.74, 6) is 1.45. The molecule has 6 heteroatoms. The monoisotopic (exact) mass is 598 g/mol. The first-order chi connectivity index (χ1) is 18.8. The van der Waals surface area contributed by atoms with E-state index < -0.39 is 23.8 Å². The maximum Gasteiger partial charge on any atom is 0.192 e. The average Bonchev–Trinajstić information content (AvgIpc) is 3.21. The van der Waals surface area contributed by atoms with Crippen LogP contribution in [-0.4, -0.2) is 39.3 Å². The molecule has 1 aromatic carbocycles. The van der Waals surface area contributed by atoms with Crippen LogP contribution in [0.4, 0.5) is 0 Å². The van der Waals surface area contributed by atoms with Gasteiger partial charge in [-0.1, -0.05) is 83.0 Å². The molecule has 228 valence electrons. The maximum absolute atomic E-state index is 13.3. The van der Waals surface area contributed by atoms with E-state index in [2.05, 4.69) is 73.7 Å². The van der Waals surface area contributed by atoms with Crippen molar-refractivity contribution in [3.05, 3.63) is 53.6 Å². The minimum Gasteiger partial charge on any atom is -0.414 e. The van der Waals surface area contributed by atoms with E-state index in [1.54, 1.807) is 12.1 Å². The number of rotatable bonds is 6. The Kier molecular flexibility index (Phi) is 7.75. The van der Waals surface area contributed by atoms with Gasteiger partial charge in [-0.15, -0.1) is 0 Å². The summed E-state index contributed by atoms with van der Waals surface area (Å²) in [7, 11) is -5.27. The van der Waals surface area contributed by atoms with Gasteiger partial charge in [0.05, 0.1) is 22.4 Å². The van der Waals surface area contributed by atoms with Gasteiger partial charge in [-0.25, -0.2) is 8.42 Å². The zero-order valence-corrected chi connectivity index (χ0v) is 28.8. The number of hydrogen-bond acceptors (Lipinski definition) is 4. The summed E-state index contributed by atoms with van der Waals surface area (Å²) in [6.45, 7) is 20.5. The quantitative estimate of drug-likeness (QED) is 0.334. The number of allylic oxidation sites excluding steroid dienone is 3. The molecule has 5 rings (SSSR count). The Morgan fingerprint density at radius 2 is 1.68 bits per heavy atom. The van der Waals surface area contributed by atoms with Gasteiger partial charge < -0.3 is 9.53 Å². The van der Waals surface area contributed by atoms with Gasteiger partial charge in [0.2, 0.25) is 0 Å². The standard InChI is InChI=1S/C35H54O4SSi/c1-24(23-40(37,38)27-13-11-10-12-14-27)29-17-18-30-28-16-15-25-21-26(39-41(8,9)32(2,3)4)22-34(6,36)35(25,7)31(28)19-20-33(29,30)5/h10-16,24,26,29-31,36H,17-23H2,1-9H3/t24-,26-,29-,30+,31+,33-,34+,35+/m1/s1. The summed E-state index contributed by atoms with van der Waals surface area (Å²) < 4.78 is 33.4. The predicted molar refractivity (Wildman–Crippen MR) is 171 cm³/mol. The molecule has 0 aliphatic heterocycles. The molecule has 0 radical (unpaired) electrons. The minimum atomic E-state index is -3.32. The van der Waals surface area contributed by atoms with E-state index in [9.17, 15) is 13.5 Å². The molecule has 0 amide bonds. The number of fused-ring (bicyclic) bond motifs is 5. The molecule has 3 fully saturated rings. The van der Waals surface area contributed by atoms with E-state index in [-0.39, 0.29) is 33.6 Å². The molecule has 4 nitrogen and oxygen atoms in total. The molecule has 0 heterocycles. The van der Waals surface area contributed by atoms with Gasteiger partial charge in [0.25, 0.3) is 0 Å². The fraction of sp³-hybridized carbons (Fsp3) is 0.714. The second-order valence-corrected chi connectivity index (χ2v) is 22.9. The third kappa shape index (κ3) is 5.07. The molecule has 0 aromatic heterocycles. The highest BCUT2D eigenvalue weighted by Crippen LogP contribution is 2.67. The zero-order chi connectivity index (χ0) is 30.2. The number of aliphatic hydroxyl groups is 1. The molecule has 4 aliphatic carbocycles. The lowest BCUT2D eigenvalue weighted by atomic mass is 9.46. The van der Waals surface area contributed by atoms with Crippen LogP contribution < -0.4 is 0 Å². The molecular weight excluding hydrogens is 545 g/mol. The van der Waals surface area contributed by atoms with Crippen molar-refractivity contribution >= 4 is 18.2 Å². The van der Waals surface area contributed by atoms with Crippen molar-refractivity contribution in [2.75, 3.05) is 5.75 Å². The van der Waals surface area contributed by atoms with Crippen LogP contribution >= 0.6 is 0 Å². The van der Waals surface area contributed by atoms with E-state index in [1.807, 2.05) is 18.2 Å². The van der Waals surface area contributed by atoms with Crippen molar-refractivity contribution in [1.82, 2.24) is 0 Å². The van der Waals surface area contributed by atoms with Crippen LogP contribution in [0.5, 0.6) is 0 Å². The Labute approximate surface area is 251 Å². The van der Waals surface area contributed by atoms with Crippen LogP contribution in [0.1, 0.15) is 87.0 Å². The van der Waals surface area contributed by atoms with Crippen LogP contribution in [0.3, 0.4) is 0 Å². The first-order valence-electron chi connectivity index (χ1n) is 15.9. The Bertz CT molecular complexity index is 1320. The molecule has 0 spiro atoms. The first-order valence-corrected chi connectivity index (χ1v) is 20.5. The normalized spacial score (nSPS) is 38.3. The fourth-order valence-electron chi connectivity index (χ4n) is 9.26. The molecule has 41 heavy (non-hydrogen) atoms. The van der Waals surface area contributed by atoms with Crippen molar-refractivity contribution in [3.8, 4) is 0 Å². The molecule has 8 atom stereocenters. The Morgan fingerprint density at radius 3 is 2.32 bits per heavy atom. The minimum absolute atomic E-state index is 0.0531. The van der Waals surface area contributed by atoms with Gasteiger partial charge in [0.15, 0.2) is 18.2 Å². The largest absolute Gasteiger partial charge is 0.414 e. The molecule has 0 bridgehead atoms. The summed E-state index contributed by atoms with van der Waals surface area (Å²) in [5.41, 5.74) is 1.80. The summed E-state index contributed by atoms with van der Waals surface area (Å²) in [6.07, 6.45) is 10.7. The topological polar surface area (TPSA) is 63.6 Å². The highest BCUT2D eigenvalue weighted by molar-refractivity contribution is 7.91. The van der Waals surface area contributed by atoms with Crippen LogP contribution in [0, 0.1) is 34.5 Å². The summed E-state index contributed by atoms with van der Waals surface area (Å²) in [6, 6.07) is 8.94. The summed E-state index contributed by atoms with van der Waals surface area (Å²) in [4.78, 5) is 0.436. The van der Waals surface area contributed by atoms with E-state index in [0.29, 0.717) is 29.1 Å². The molecule has 1 N–H and O–H groups in total. The number of benzene rings is 1. The van der Waals surface area contributed by atoms with Crippen molar-refractivity contribution in [2.45, 2.75) is 122 Å². The van der Waals surface area contributed by atoms with Crippen LogP contribution in [0.2, 0.25) is 18.1 Å². The van der Waals surface area contributed by atoms with Crippen LogP contribution in [-0.2, 0) is 14.3 Å². The molecule has 3 saturated carbocycles. The van der Waals surface area contributed by atoms with Crippen molar-refractivity contribution < 1.29 is 18.0 Å². The van der Waals surface area contributed by atoms with Crippen molar-refractivity contribution in [1.29, 1.82) is 0 Å². The van der Waals surface area contributed by atoms with E-state index in [1.165, 1.54) is 11.1 Å². The first kappa shape index (κ1) is 31.2. The maximum atomic E-state index is 13.3. The second kappa shape index (κ2) is 10.2. The highest BCUT2D eigenvalue weighted by atomic mass is 32.2. The Morgan fingerprint density at radius 1 is 1.02 bits per heavy atom. The lowest BCUT2D eigenvalue weighted by Crippen LogP contribution is -2.60. The van der Waals surface area contributed by atoms with Gasteiger partial charge in [-0.3, -0.25) is 0 Å². The van der Waals surface area contributed by atoms with Crippen LogP contribution in [0.15, 0.2) is 58.5 Å². The van der Waals surface area contributed by atoms with Gasteiger partial charge >= 0.3 is 0 Å². The zero-order valence-electron chi connectivity index (χ0n) is 27.0. The van der Waals surface area contributed by atoms with Gasteiger partial charge in [-0.2, -0.15) is 0 Å². The smallest absolute Gasteiger partial charge is 0.192 e. The second-order valence-electron chi connectivity index (χ2n) is 16.1.